The molecule has 0 aromatic heterocycles. The Morgan fingerprint density at radius 3 is 2.46 bits per heavy atom. The Hall–Kier alpha value is -1.56. The fourth-order valence-electron chi connectivity index (χ4n) is 3.78. The van der Waals surface area contributed by atoms with Gasteiger partial charge in [0.2, 0.25) is 5.91 Å². The average molecular weight is 434 g/mol. The summed E-state index contributed by atoms with van der Waals surface area (Å²) in [7, 11) is 0. The van der Waals surface area contributed by atoms with Crippen LogP contribution >= 0.6 is 22.6 Å². The number of amides is 1. The minimum Gasteiger partial charge on any atom is -0.378 e. The van der Waals surface area contributed by atoms with Gasteiger partial charge in [-0.1, -0.05) is 32.0 Å². The third-order valence-corrected chi connectivity index (χ3v) is 5.64. The molecular weight excluding hydrogens is 411 g/mol. The Balaban J connectivity index is 2.03. The predicted octanol–water partition coefficient (Wildman–Crippen LogP) is 5.23. The van der Waals surface area contributed by atoms with Crippen LogP contribution in [0.3, 0.4) is 0 Å². The fourth-order valence-corrected chi connectivity index (χ4v) is 4.14. The molecule has 2 aromatic carbocycles. The zero-order valence-corrected chi connectivity index (χ0v) is 16.4. The van der Waals surface area contributed by atoms with Crippen molar-refractivity contribution < 1.29 is 4.79 Å². The highest BCUT2D eigenvalue weighted by Gasteiger charge is 2.39. The molecule has 0 fully saturated rings. The van der Waals surface area contributed by atoms with Crippen LogP contribution in [0, 0.1) is 9.49 Å². The van der Waals surface area contributed by atoms with E-state index in [2.05, 4.69) is 84.2 Å². The molecule has 0 unspecified atom stereocenters. The smallest absolute Gasteiger partial charge is 0.224 e. The van der Waals surface area contributed by atoms with Crippen LogP contribution in [-0.2, 0) is 4.79 Å². The number of carbonyl (C=O) groups is 1. The molecule has 1 aliphatic rings. The number of nitrogens with one attached hydrogen (secondary N) is 1. The third kappa shape index (κ3) is 3.16. The van der Waals surface area contributed by atoms with Gasteiger partial charge in [0.05, 0.1) is 6.04 Å². The quantitative estimate of drug-likeness (QED) is 0.672. The normalized spacial score (nSPS) is 22.8. The summed E-state index contributed by atoms with van der Waals surface area (Å²) in [4.78, 5) is 14.3. The van der Waals surface area contributed by atoms with Gasteiger partial charge < -0.3 is 10.2 Å². The lowest BCUT2D eigenvalue weighted by atomic mass is 9.81. The van der Waals surface area contributed by atoms with Crippen molar-refractivity contribution in [2.75, 3.05) is 10.2 Å². The predicted molar refractivity (Wildman–Crippen MR) is 108 cm³/mol. The number of hydrogen-bond donors (Lipinski definition) is 1. The van der Waals surface area contributed by atoms with Gasteiger partial charge in [-0.2, -0.15) is 0 Å². The molecule has 1 heterocycles. The maximum atomic E-state index is 12.3. The number of halogens is 1. The van der Waals surface area contributed by atoms with E-state index >= 15 is 0 Å². The molecular formula is C20H23IN2O. The Bertz CT molecular complexity index is 729. The van der Waals surface area contributed by atoms with Crippen molar-refractivity contribution in [3.05, 3.63) is 57.7 Å². The van der Waals surface area contributed by atoms with E-state index in [4.69, 9.17) is 0 Å². The summed E-state index contributed by atoms with van der Waals surface area (Å²) in [6.07, 6.45) is 0.944. The van der Waals surface area contributed by atoms with E-state index in [1.165, 1.54) is 9.13 Å². The van der Waals surface area contributed by atoms with Crippen molar-refractivity contribution in [1.29, 1.82) is 0 Å². The molecule has 0 saturated heterocycles. The molecule has 3 rings (SSSR count). The Labute approximate surface area is 157 Å². The minimum absolute atomic E-state index is 0.119. The number of hydrogen-bond acceptors (Lipinski definition) is 2. The SMILES string of the molecule is CC[C@H]1[C@H](C)[C@@H](Nc2ccc(I)cc2)c2ccccc2N1C(C)=O. The number of carbonyl (C=O) groups excluding carboxylic acids is 1. The Kier molecular flexibility index (Phi) is 5.13. The van der Waals surface area contributed by atoms with E-state index in [9.17, 15) is 4.79 Å². The number of fused-ring (bicyclic) bond motifs is 1. The first-order chi connectivity index (χ1) is 11.5. The van der Waals surface area contributed by atoms with E-state index < -0.39 is 0 Å². The van der Waals surface area contributed by atoms with Crippen molar-refractivity contribution in [2.45, 2.75) is 39.3 Å². The largest absolute Gasteiger partial charge is 0.378 e. The van der Waals surface area contributed by atoms with Gasteiger partial charge in [-0.3, -0.25) is 4.79 Å². The highest BCUT2D eigenvalue weighted by Crippen LogP contribution is 2.43. The third-order valence-electron chi connectivity index (χ3n) is 4.92. The van der Waals surface area contributed by atoms with Gasteiger partial charge in [0.1, 0.15) is 0 Å². The van der Waals surface area contributed by atoms with Crippen LogP contribution in [0.4, 0.5) is 11.4 Å². The summed E-state index contributed by atoms with van der Waals surface area (Å²) in [6.45, 7) is 6.07. The van der Waals surface area contributed by atoms with E-state index in [-0.39, 0.29) is 18.0 Å². The highest BCUT2D eigenvalue weighted by atomic mass is 127. The lowest BCUT2D eigenvalue weighted by Gasteiger charge is -2.45. The maximum Gasteiger partial charge on any atom is 0.224 e. The first-order valence-electron chi connectivity index (χ1n) is 8.43. The molecule has 24 heavy (non-hydrogen) atoms. The Morgan fingerprint density at radius 2 is 1.83 bits per heavy atom. The molecule has 4 heteroatoms. The monoisotopic (exact) mass is 434 g/mol. The number of nitrogens with zero attached hydrogens (tertiary/aromatic N) is 1. The van der Waals surface area contributed by atoms with Crippen molar-refractivity contribution in [2.24, 2.45) is 5.92 Å². The molecule has 1 amide bonds. The van der Waals surface area contributed by atoms with Crippen LogP contribution in [0.25, 0.3) is 0 Å². The number of rotatable bonds is 3. The topological polar surface area (TPSA) is 32.3 Å². The van der Waals surface area contributed by atoms with Gasteiger partial charge in [-0.25, -0.2) is 0 Å². The molecule has 0 saturated carbocycles. The first kappa shape index (κ1) is 17.3. The van der Waals surface area contributed by atoms with Crippen LogP contribution < -0.4 is 10.2 Å². The molecule has 2 aromatic rings. The van der Waals surface area contributed by atoms with Crippen molar-refractivity contribution in [3.8, 4) is 0 Å². The van der Waals surface area contributed by atoms with Crippen LogP contribution in [0.5, 0.6) is 0 Å². The molecule has 0 radical (unpaired) electrons. The van der Waals surface area contributed by atoms with Crippen molar-refractivity contribution in [3.63, 3.8) is 0 Å². The number of benzene rings is 2. The number of anilines is 2. The summed E-state index contributed by atoms with van der Waals surface area (Å²) in [5.41, 5.74) is 3.36. The van der Waals surface area contributed by atoms with Crippen molar-refractivity contribution >= 4 is 39.9 Å². The summed E-state index contributed by atoms with van der Waals surface area (Å²) < 4.78 is 1.23. The second-order valence-corrected chi connectivity index (χ2v) is 7.66. The lowest BCUT2D eigenvalue weighted by molar-refractivity contribution is -0.117. The van der Waals surface area contributed by atoms with Crippen LogP contribution in [0.2, 0.25) is 0 Å². The maximum absolute atomic E-state index is 12.3. The fraction of sp³-hybridized carbons (Fsp3) is 0.350. The molecule has 3 atom stereocenters. The zero-order valence-electron chi connectivity index (χ0n) is 14.3. The second kappa shape index (κ2) is 7.13. The molecule has 3 nitrogen and oxygen atoms in total. The summed E-state index contributed by atoms with van der Waals surface area (Å²) in [5, 5.41) is 3.70. The lowest BCUT2D eigenvalue weighted by Crippen LogP contribution is -2.49. The van der Waals surface area contributed by atoms with Gasteiger partial charge in [0.25, 0.3) is 0 Å². The summed E-state index contributed by atoms with van der Waals surface area (Å²) >= 11 is 2.32. The Morgan fingerprint density at radius 1 is 1.17 bits per heavy atom. The molecule has 0 aliphatic carbocycles. The van der Waals surface area contributed by atoms with E-state index in [0.717, 1.165) is 17.8 Å². The van der Waals surface area contributed by atoms with Gasteiger partial charge in [0.15, 0.2) is 0 Å². The summed E-state index contributed by atoms with van der Waals surface area (Å²) in [5.74, 6) is 0.446. The standard InChI is InChI=1S/C20H23IN2O/c1-4-18-13(2)20(22-16-11-9-15(21)10-12-16)17-7-5-6-8-19(17)23(18)14(3)24/h5-13,18,20,22H,4H2,1-3H3/t13-,18-,20+/m0/s1. The van der Waals surface area contributed by atoms with Gasteiger partial charge in [-0.05, 0) is 64.9 Å². The van der Waals surface area contributed by atoms with Crippen LogP contribution in [-0.4, -0.2) is 11.9 Å². The molecule has 0 spiro atoms. The van der Waals surface area contributed by atoms with E-state index in [0.29, 0.717) is 5.92 Å². The zero-order chi connectivity index (χ0) is 17.3. The van der Waals surface area contributed by atoms with Crippen LogP contribution in [0.15, 0.2) is 48.5 Å². The molecule has 126 valence electrons. The highest BCUT2D eigenvalue weighted by molar-refractivity contribution is 14.1. The first-order valence-corrected chi connectivity index (χ1v) is 9.51. The van der Waals surface area contributed by atoms with Gasteiger partial charge in [0, 0.05) is 33.8 Å². The van der Waals surface area contributed by atoms with E-state index in [1.807, 2.05) is 11.0 Å². The molecule has 1 N–H and O–H groups in total. The second-order valence-electron chi connectivity index (χ2n) is 6.41. The van der Waals surface area contributed by atoms with Gasteiger partial charge in [-0.15, -0.1) is 0 Å². The molecule has 1 aliphatic heterocycles. The van der Waals surface area contributed by atoms with Crippen molar-refractivity contribution in [1.82, 2.24) is 0 Å². The van der Waals surface area contributed by atoms with Gasteiger partial charge >= 0.3 is 0 Å². The number of para-hydroxylation sites is 1. The average Bonchev–Trinajstić information content (AvgIpc) is 2.58. The van der Waals surface area contributed by atoms with E-state index in [1.54, 1.807) is 6.92 Å². The minimum atomic E-state index is 0.119. The summed E-state index contributed by atoms with van der Waals surface area (Å²) in [6, 6.07) is 17.1. The molecule has 0 bridgehead atoms. The van der Waals surface area contributed by atoms with Crippen LogP contribution in [0.1, 0.15) is 38.8 Å².